The van der Waals surface area contributed by atoms with Crippen LogP contribution in [0.4, 0.5) is 4.79 Å². The maximum atomic E-state index is 12.3. The lowest BCUT2D eigenvalue weighted by Crippen LogP contribution is -2.63. The van der Waals surface area contributed by atoms with Crippen molar-refractivity contribution in [2.75, 3.05) is 0 Å². The van der Waals surface area contributed by atoms with Crippen molar-refractivity contribution in [3.63, 3.8) is 0 Å². The van der Waals surface area contributed by atoms with Gasteiger partial charge in [0.05, 0.1) is 0 Å². The highest BCUT2D eigenvalue weighted by Crippen LogP contribution is 2.28. The van der Waals surface area contributed by atoms with Gasteiger partial charge in [-0.15, -0.1) is 0 Å². The molecule has 2 atom stereocenters. The van der Waals surface area contributed by atoms with Gasteiger partial charge >= 0.3 is 6.03 Å². The molecule has 0 bridgehead atoms. The van der Waals surface area contributed by atoms with Gasteiger partial charge in [0.25, 0.3) is 0 Å². The highest BCUT2D eigenvalue weighted by Gasteiger charge is 2.38. The lowest BCUT2D eigenvalue weighted by molar-refractivity contribution is 0.146. The van der Waals surface area contributed by atoms with E-state index < -0.39 is 0 Å². The fraction of sp³-hybridized carbons (Fsp3) is 0.941. The summed E-state index contributed by atoms with van der Waals surface area (Å²) in [7, 11) is 0. The molecule has 0 aromatic heterocycles. The predicted molar refractivity (Wildman–Crippen MR) is 87.4 cm³/mol. The second-order valence-corrected chi connectivity index (χ2v) is 8.58. The van der Waals surface area contributed by atoms with Crippen molar-refractivity contribution in [1.82, 2.24) is 16.0 Å². The van der Waals surface area contributed by atoms with Crippen LogP contribution in [-0.4, -0.2) is 29.2 Å². The van der Waals surface area contributed by atoms with Crippen molar-refractivity contribution in [3.05, 3.63) is 0 Å². The van der Waals surface area contributed by atoms with Crippen LogP contribution in [0.15, 0.2) is 0 Å². The van der Waals surface area contributed by atoms with E-state index >= 15 is 0 Å². The second-order valence-electron chi connectivity index (χ2n) is 8.58. The van der Waals surface area contributed by atoms with Crippen LogP contribution in [0.3, 0.4) is 0 Å². The third kappa shape index (κ3) is 5.17. The number of rotatable bonds is 2. The zero-order valence-electron chi connectivity index (χ0n) is 14.4. The van der Waals surface area contributed by atoms with E-state index in [9.17, 15) is 4.79 Å². The molecule has 2 aliphatic rings. The Morgan fingerprint density at radius 3 is 2.14 bits per heavy atom. The molecule has 2 rings (SSSR count). The molecular formula is C17H33N3O. The molecule has 1 saturated heterocycles. The first-order valence-electron chi connectivity index (χ1n) is 8.52. The smallest absolute Gasteiger partial charge is 0.315 e. The Labute approximate surface area is 129 Å². The van der Waals surface area contributed by atoms with E-state index in [2.05, 4.69) is 50.6 Å². The van der Waals surface area contributed by atoms with E-state index in [0.29, 0.717) is 6.04 Å². The van der Waals surface area contributed by atoms with Crippen LogP contribution in [-0.2, 0) is 0 Å². The summed E-state index contributed by atoms with van der Waals surface area (Å²) in [6.45, 7) is 11.1. The van der Waals surface area contributed by atoms with Crippen LogP contribution < -0.4 is 16.0 Å². The van der Waals surface area contributed by atoms with Gasteiger partial charge in [0.15, 0.2) is 0 Å². The number of piperidine rings is 1. The Hall–Kier alpha value is -0.770. The minimum atomic E-state index is 0.0209. The van der Waals surface area contributed by atoms with Gasteiger partial charge in [0, 0.05) is 23.2 Å². The quantitative estimate of drug-likeness (QED) is 0.733. The Morgan fingerprint density at radius 2 is 1.57 bits per heavy atom. The minimum Gasteiger partial charge on any atom is -0.335 e. The van der Waals surface area contributed by atoms with Crippen LogP contribution in [0, 0.1) is 5.92 Å². The summed E-state index contributed by atoms with van der Waals surface area (Å²) >= 11 is 0. The lowest BCUT2D eigenvalue weighted by atomic mass is 9.79. The first-order valence-corrected chi connectivity index (χ1v) is 8.52. The number of carbonyl (C=O) groups is 1. The number of hydrogen-bond acceptors (Lipinski definition) is 2. The highest BCUT2D eigenvalue weighted by atomic mass is 16.2. The number of carbonyl (C=O) groups excluding carboxylic acids is 1. The van der Waals surface area contributed by atoms with E-state index in [4.69, 9.17) is 0 Å². The van der Waals surface area contributed by atoms with Gasteiger partial charge in [-0.3, -0.25) is 0 Å². The maximum Gasteiger partial charge on any atom is 0.315 e. The molecular weight excluding hydrogens is 262 g/mol. The fourth-order valence-corrected chi connectivity index (χ4v) is 4.40. The maximum absolute atomic E-state index is 12.3. The summed E-state index contributed by atoms with van der Waals surface area (Å²) in [4.78, 5) is 12.3. The molecule has 0 aromatic carbocycles. The summed E-state index contributed by atoms with van der Waals surface area (Å²) in [5.41, 5.74) is 0.137. The SMILES string of the molecule is C[C@@H]1CCC[C@H](NC(=O)NC2CC(C)(C)NC(C)(C)C2)C1. The molecule has 3 N–H and O–H groups in total. The van der Waals surface area contributed by atoms with Crippen molar-refractivity contribution in [2.24, 2.45) is 5.92 Å². The molecule has 0 spiro atoms. The zero-order chi connectivity index (χ0) is 15.7. The molecule has 122 valence electrons. The number of urea groups is 1. The van der Waals surface area contributed by atoms with E-state index in [-0.39, 0.29) is 23.2 Å². The molecule has 1 aliphatic heterocycles. The van der Waals surface area contributed by atoms with Crippen LogP contribution >= 0.6 is 0 Å². The summed E-state index contributed by atoms with van der Waals surface area (Å²) in [5.74, 6) is 0.737. The average Bonchev–Trinajstić information content (AvgIpc) is 2.23. The molecule has 1 heterocycles. The third-order valence-electron chi connectivity index (χ3n) is 4.80. The summed E-state index contributed by atoms with van der Waals surface area (Å²) < 4.78 is 0. The minimum absolute atomic E-state index is 0.0209. The Kier molecular flexibility index (Phi) is 4.86. The highest BCUT2D eigenvalue weighted by molar-refractivity contribution is 5.74. The first-order chi connectivity index (χ1) is 9.65. The van der Waals surface area contributed by atoms with Crippen molar-refractivity contribution >= 4 is 6.03 Å². The van der Waals surface area contributed by atoms with Crippen LogP contribution in [0.5, 0.6) is 0 Å². The Balaban J connectivity index is 1.84. The average molecular weight is 295 g/mol. The molecule has 21 heavy (non-hydrogen) atoms. The number of hydrogen-bond donors (Lipinski definition) is 3. The van der Waals surface area contributed by atoms with Gasteiger partial charge in [-0.2, -0.15) is 0 Å². The molecule has 4 nitrogen and oxygen atoms in total. The molecule has 2 amide bonds. The Bertz CT molecular complexity index is 362. The normalized spacial score (nSPS) is 32.4. The van der Waals surface area contributed by atoms with Crippen LogP contribution in [0.25, 0.3) is 0 Å². The molecule has 2 fully saturated rings. The van der Waals surface area contributed by atoms with Gasteiger partial charge in [-0.25, -0.2) is 4.79 Å². The van der Waals surface area contributed by atoms with E-state index in [1.165, 1.54) is 12.8 Å². The van der Waals surface area contributed by atoms with Crippen molar-refractivity contribution in [1.29, 1.82) is 0 Å². The van der Waals surface area contributed by atoms with Gasteiger partial charge in [-0.1, -0.05) is 19.8 Å². The summed E-state index contributed by atoms with van der Waals surface area (Å²) in [6.07, 6.45) is 6.74. The molecule has 1 saturated carbocycles. The van der Waals surface area contributed by atoms with Gasteiger partial charge in [-0.05, 0) is 59.3 Å². The van der Waals surface area contributed by atoms with E-state index in [1.807, 2.05) is 0 Å². The lowest BCUT2D eigenvalue weighted by Gasteiger charge is -2.46. The largest absolute Gasteiger partial charge is 0.335 e. The monoisotopic (exact) mass is 295 g/mol. The molecule has 0 aromatic rings. The van der Waals surface area contributed by atoms with Crippen molar-refractivity contribution < 1.29 is 4.79 Å². The molecule has 1 aliphatic carbocycles. The number of amides is 2. The molecule has 0 unspecified atom stereocenters. The third-order valence-corrected chi connectivity index (χ3v) is 4.80. The van der Waals surface area contributed by atoms with Gasteiger partial charge in [0.1, 0.15) is 0 Å². The topological polar surface area (TPSA) is 53.2 Å². The molecule has 0 radical (unpaired) electrons. The fourth-order valence-electron chi connectivity index (χ4n) is 4.40. The van der Waals surface area contributed by atoms with E-state index in [1.54, 1.807) is 0 Å². The Morgan fingerprint density at radius 1 is 1.00 bits per heavy atom. The predicted octanol–water partition coefficient (Wildman–Crippen LogP) is 3.17. The van der Waals surface area contributed by atoms with E-state index in [0.717, 1.165) is 31.6 Å². The van der Waals surface area contributed by atoms with Gasteiger partial charge in [0.2, 0.25) is 0 Å². The zero-order valence-corrected chi connectivity index (χ0v) is 14.4. The van der Waals surface area contributed by atoms with Crippen LogP contribution in [0.1, 0.15) is 73.1 Å². The standard InChI is InChI=1S/C17H33N3O/c1-12-7-6-8-13(9-12)18-15(21)19-14-10-16(2,3)20-17(4,5)11-14/h12-14,20H,6-11H2,1-5H3,(H2,18,19,21)/t12-,13+/m1/s1. The second kappa shape index (κ2) is 6.15. The number of nitrogens with one attached hydrogen (secondary N) is 3. The first kappa shape index (κ1) is 16.6. The van der Waals surface area contributed by atoms with Crippen molar-refractivity contribution in [2.45, 2.75) is 96.3 Å². The summed E-state index contributed by atoms with van der Waals surface area (Å²) in [6, 6.07) is 0.626. The van der Waals surface area contributed by atoms with Crippen LogP contribution in [0.2, 0.25) is 0 Å². The molecule has 4 heteroatoms. The van der Waals surface area contributed by atoms with Crippen molar-refractivity contribution in [3.8, 4) is 0 Å². The summed E-state index contributed by atoms with van der Waals surface area (Å²) in [5, 5.41) is 10.0. The van der Waals surface area contributed by atoms with Gasteiger partial charge < -0.3 is 16.0 Å².